The topological polar surface area (TPSA) is 63.2 Å². The lowest BCUT2D eigenvalue weighted by atomic mass is 9.79. The highest BCUT2D eigenvalue weighted by molar-refractivity contribution is 6.60. The molecule has 1 aromatic rings. The van der Waals surface area contributed by atoms with Gasteiger partial charge in [0.15, 0.2) is 0 Å². The van der Waals surface area contributed by atoms with Gasteiger partial charge in [0.2, 0.25) is 0 Å². The Morgan fingerprint density at radius 1 is 0.886 bits per heavy atom. The second kappa shape index (κ2) is 16.9. The number of benzene rings is 1. The van der Waals surface area contributed by atoms with E-state index in [1.165, 1.54) is 51.7 Å². The number of unbranched alkanes of at least 4 members (excludes halogenated alkanes) is 1. The van der Waals surface area contributed by atoms with E-state index < -0.39 is 8.80 Å². The van der Waals surface area contributed by atoms with E-state index in [0.29, 0.717) is 19.8 Å². The first-order valence-electron chi connectivity index (χ1n) is 13.4. The number of hydrogen-bond donors (Lipinski definition) is 0. The monoisotopic (exact) mass is 506 g/mol. The van der Waals surface area contributed by atoms with Crippen molar-refractivity contribution in [2.45, 2.75) is 78.2 Å². The van der Waals surface area contributed by atoms with E-state index in [9.17, 15) is 4.79 Å². The number of carbonyl (C=O) groups is 1. The summed E-state index contributed by atoms with van der Waals surface area (Å²) >= 11 is 0. The molecular formula is C28H46O6Si. The van der Waals surface area contributed by atoms with Gasteiger partial charge in [-0.25, -0.2) is 4.79 Å². The molecule has 2 rings (SSSR count). The molecule has 1 aliphatic rings. The summed E-state index contributed by atoms with van der Waals surface area (Å²) in [6, 6.07) is 8.73. The third-order valence-corrected chi connectivity index (χ3v) is 9.84. The van der Waals surface area contributed by atoms with Crippen molar-refractivity contribution in [3.63, 3.8) is 0 Å². The molecule has 0 saturated heterocycles. The molecule has 0 heterocycles. The number of esters is 1. The number of hydrogen-bond acceptors (Lipinski definition) is 6. The van der Waals surface area contributed by atoms with Gasteiger partial charge in [0, 0.05) is 31.9 Å². The largest absolute Gasteiger partial charge is 0.500 e. The van der Waals surface area contributed by atoms with Crippen molar-refractivity contribution in [1.29, 1.82) is 0 Å². The number of carbonyl (C=O) groups excluding carboxylic acids is 1. The Bertz CT molecular complexity index is 710. The summed E-state index contributed by atoms with van der Waals surface area (Å²) < 4.78 is 28.5. The van der Waals surface area contributed by atoms with Crippen LogP contribution in [0.5, 0.6) is 5.75 Å². The quantitative estimate of drug-likeness (QED) is 0.102. The van der Waals surface area contributed by atoms with Gasteiger partial charge in [0.1, 0.15) is 5.75 Å². The average molecular weight is 507 g/mol. The first-order valence-corrected chi connectivity index (χ1v) is 15.4. The molecule has 0 aliphatic heterocycles. The molecule has 198 valence electrons. The fourth-order valence-corrected chi connectivity index (χ4v) is 7.52. The second-order valence-electron chi connectivity index (χ2n) is 9.18. The molecule has 0 aromatic heterocycles. The minimum absolute atomic E-state index is 0.353. The van der Waals surface area contributed by atoms with Crippen LogP contribution in [-0.4, -0.2) is 48.3 Å². The third kappa shape index (κ3) is 11.3. The van der Waals surface area contributed by atoms with Gasteiger partial charge in [-0.15, -0.1) is 0 Å². The van der Waals surface area contributed by atoms with Crippen molar-refractivity contribution in [3.05, 3.63) is 35.9 Å². The molecule has 1 aliphatic carbocycles. The molecule has 35 heavy (non-hydrogen) atoms. The van der Waals surface area contributed by atoms with Crippen molar-refractivity contribution in [2.24, 2.45) is 11.8 Å². The van der Waals surface area contributed by atoms with E-state index in [2.05, 4.69) is 4.74 Å². The molecule has 0 radical (unpaired) electrons. The Balaban J connectivity index is 1.61. The van der Waals surface area contributed by atoms with Crippen molar-refractivity contribution >= 4 is 20.8 Å². The van der Waals surface area contributed by atoms with E-state index in [4.69, 9.17) is 18.0 Å². The van der Waals surface area contributed by atoms with Crippen LogP contribution in [0, 0.1) is 11.8 Å². The second-order valence-corrected chi connectivity index (χ2v) is 11.9. The Morgan fingerprint density at radius 2 is 1.46 bits per heavy atom. The maximum atomic E-state index is 11.2. The van der Waals surface area contributed by atoms with Gasteiger partial charge < -0.3 is 22.8 Å². The third-order valence-electron chi connectivity index (χ3n) is 6.69. The molecule has 1 fully saturated rings. The van der Waals surface area contributed by atoms with E-state index >= 15 is 0 Å². The maximum Gasteiger partial charge on any atom is 0.500 e. The first kappa shape index (κ1) is 29.6. The van der Waals surface area contributed by atoms with Gasteiger partial charge >= 0.3 is 14.8 Å². The Labute approximate surface area is 213 Å². The number of rotatable bonds is 17. The summed E-state index contributed by atoms with van der Waals surface area (Å²) in [5.74, 6) is 2.13. The van der Waals surface area contributed by atoms with Gasteiger partial charge in [0.05, 0.1) is 13.7 Å². The zero-order chi connectivity index (χ0) is 25.4. The summed E-state index contributed by atoms with van der Waals surface area (Å²) in [6.45, 7) is 8.77. The molecule has 0 bridgehead atoms. The van der Waals surface area contributed by atoms with Gasteiger partial charge in [-0.2, -0.15) is 0 Å². The molecule has 0 spiro atoms. The fourth-order valence-electron chi connectivity index (χ4n) is 4.84. The normalized spacial score (nSPS) is 18.6. The van der Waals surface area contributed by atoms with Crippen LogP contribution >= 0.6 is 0 Å². The standard InChI is InChI=1S/C28H46O6Si/c1-5-32-35(33-6-2,34-7-3)23-9-8-10-24-11-13-26(14-12-24)21-22-31-27-18-15-25(16-19-27)17-20-28(29)30-4/h15-20,24,26H,5-14,21-23H2,1-4H3/b20-17+. The van der Waals surface area contributed by atoms with Crippen molar-refractivity contribution < 1.29 is 27.5 Å². The Hall–Kier alpha value is -1.67. The highest BCUT2D eigenvalue weighted by Gasteiger charge is 2.39. The zero-order valence-electron chi connectivity index (χ0n) is 22.3. The summed E-state index contributed by atoms with van der Waals surface area (Å²) in [7, 11) is -1.11. The van der Waals surface area contributed by atoms with E-state index in [1.807, 2.05) is 45.0 Å². The molecule has 0 unspecified atom stereocenters. The lowest BCUT2D eigenvalue weighted by Gasteiger charge is -2.30. The first-order chi connectivity index (χ1) is 17.0. The lowest BCUT2D eigenvalue weighted by molar-refractivity contribution is -0.134. The number of ether oxygens (including phenoxy) is 2. The smallest absolute Gasteiger partial charge is 0.494 e. The van der Waals surface area contributed by atoms with Gasteiger partial charge in [0.25, 0.3) is 0 Å². The predicted molar refractivity (Wildman–Crippen MR) is 142 cm³/mol. The van der Waals surface area contributed by atoms with Crippen LogP contribution in [0.3, 0.4) is 0 Å². The number of methoxy groups -OCH3 is 1. The highest BCUT2D eigenvalue weighted by atomic mass is 28.4. The molecule has 6 nitrogen and oxygen atoms in total. The van der Waals surface area contributed by atoms with Crippen LogP contribution in [0.4, 0.5) is 0 Å². The van der Waals surface area contributed by atoms with Crippen molar-refractivity contribution in [1.82, 2.24) is 0 Å². The highest BCUT2D eigenvalue weighted by Crippen LogP contribution is 2.34. The van der Waals surface area contributed by atoms with Gasteiger partial charge in [-0.05, 0) is 69.2 Å². The SMILES string of the molecule is CCO[Si](CCCCC1CCC(CCOc2ccc(/C=C/C(=O)OC)cc2)CC1)(OCC)OCC. The summed E-state index contributed by atoms with van der Waals surface area (Å²) in [5, 5.41) is 0. The van der Waals surface area contributed by atoms with Crippen LogP contribution in [0.2, 0.25) is 6.04 Å². The summed E-state index contributed by atoms with van der Waals surface area (Å²) in [6.07, 6.45) is 13.2. The lowest BCUT2D eigenvalue weighted by Crippen LogP contribution is -2.45. The van der Waals surface area contributed by atoms with Crippen LogP contribution < -0.4 is 4.74 Å². The molecule has 0 N–H and O–H groups in total. The summed E-state index contributed by atoms with van der Waals surface area (Å²) in [5.41, 5.74) is 0.947. The Kier molecular flexibility index (Phi) is 14.3. The fraction of sp³-hybridized carbons (Fsp3) is 0.679. The maximum absolute atomic E-state index is 11.2. The molecular weight excluding hydrogens is 460 g/mol. The van der Waals surface area contributed by atoms with Crippen molar-refractivity contribution in [2.75, 3.05) is 33.5 Å². The predicted octanol–water partition coefficient (Wildman–Crippen LogP) is 6.67. The van der Waals surface area contributed by atoms with Gasteiger partial charge in [-0.3, -0.25) is 0 Å². The van der Waals surface area contributed by atoms with E-state index in [-0.39, 0.29) is 5.97 Å². The van der Waals surface area contributed by atoms with Crippen LogP contribution in [0.15, 0.2) is 30.3 Å². The van der Waals surface area contributed by atoms with E-state index in [0.717, 1.165) is 48.6 Å². The minimum Gasteiger partial charge on any atom is -0.494 e. The summed E-state index contributed by atoms with van der Waals surface area (Å²) in [4.78, 5) is 11.2. The van der Waals surface area contributed by atoms with Gasteiger partial charge in [-0.1, -0.05) is 50.7 Å². The van der Waals surface area contributed by atoms with Crippen molar-refractivity contribution in [3.8, 4) is 5.75 Å². The Morgan fingerprint density at radius 3 is 2.00 bits per heavy atom. The molecule has 0 atom stereocenters. The molecule has 0 amide bonds. The zero-order valence-corrected chi connectivity index (χ0v) is 23.3. The van der Waals surface area contributed by atoms with E-state index in [1.54, 1.807) is 6.08 Å². The molecule has 1 saturated carbocycles. The van der Waals surface area contributed by atoms with Crippen LogP contribution in [0.25, 0.3) is 6.08 Å². The molecule has 7 heteroatoms. The molecule has 1 aromatic carbocycles. The minimum atomic E-state index is -2.49. The average Bonchev–Trinajstić information content (AvgIpc) is 2.87. The van der Waals surface area contributed by atoms with Crippen LogP contribution in [-0.2, 0) is 22.8 Å². The van der Waals surface area contributed by atoms with Crippen LogP contribution in [0.1, 0.15) is 77.7 Å².